The molecule has 3 fully saturated rings. The minimum Gasteiger partial charge on any atom is -0.495 e. The van der Waals surface area contributed by atoms with Gasteiger partial charge in [0.25, 0.3) is 11.5 Å². The Kier molecular flexibility index (Phi) is 8.40. The van der Waals surface area contributed by atoms with Gasteiger partial charge in [-0.15, -0.1) is 6.42 Å². The van der Waals surface area contributed by atoms with Crippen molar-refractivity contribution in [1.82, 2.24) is 24.3 Å². The highest BCUT2D eigenvalue weighted by Gasteiger charge is 2.51. The van der Waals surface area contributed by atoms with Crippen LogP contribution in [0.15, 0.2) is 23.1 Å². The number of anilines is 1. The van der Waals surface area contributed by atoms with Crippen LogP contribution in [0.4, 0.5) is 5.95 Å². The molecule has 2 aromatic heterocycles. The van der Waals surface area contributed by atoms with E-state index in [2.05, 4.69) is 28.2 Å². The molecular weight excluding hydrogens is 603 g/mol. The minimum atomic E-state index is -0.278. The molecule has 44 heavy (non-hydrogen) atoms. The van der Waals surface area contributed by atoms with E-state index in [9.17, 15) is 9.59 Å². The minimum absolute atomic E-state index is 0.214. The number of nitrogens with one attached hydrogen (secondary N) is 1. The highest BCUT2D eigenvalue weighted by atomic mass is 35.5. The molecule has 12 heteroatoms. The summed E-state index contributed by atoms with van der Waals surface area (Å²) in [5.41, 5.74) is 1.31. The van der Waals surface area contributed by atoms with Crippen molar-refractivity contribution in [2.24, 2.45) is 11.3 Å². The number of terminal acetylenes is 1. The van der Waals surface area contributed by atoms with Crippen LogP contribution in [0.3, 0.4) is 0 Å². The molecule has 232 valence electrons. The SMILES string of the molecule is C#CC(=O)N1CCC(CCn2c(=O)c(-c3c(Cl)c(OC)cc(OC)c3Cl)cc3cnc(NC4CC5(C4)CN(C)C5)nc32)CC1. The van der Waals surface area contributed by atoms with Gasteiger partial charge in [-0.05, 0) is 62.5 Å². The van der Waals surface area contributed by atoms with Gasteiger partial charge in [-0.1, -0.05) is 23.2 Å². The molecule has 1 aromatic carbocycles. The van der Waals surface area contributed by atoms with Crippen molar-refractivity contribution in [3.63, 3.8) is 0 Å². The largest absolute Gasteiger partial charge is 0.495 e. The Hall–Kier alpha value is -3.52. The van der Waals surface area contributed by atoms with Gasteiger partial charge in [0.2, 0.25) is 5.95 Å². The van der Waals surface area contributed by atoms with Crippen LogP contribution in [0.25, 0.3) is 22.2 Å². The number of halogens is 2. The molecule has 1 spiro atoms. The lowest BCUT2D eigenvalue weighted by atomic mass is 9.61. The van der Waals surface area contributed by atoms with E-state index in [-0.39, 0.29) is 21.5 Å². The number of rotatable bonds is 8. The number of carbonyl (C=O) groups excluding carboxylic acids is 1. The van der Waals surface area contributed by atoms with Crippen LogP contribution in [0.2, 0.25) is 10.0 Å². The Labute approximate surface area is 266 Å². The summed E-state index contributed by atoms with van der Waals surface area (Å²) >= 11 is 13.5. The summed E-state index contributed by atoms with van der Waals surface area (Å²) in [4.78, 5) is 39.8. The van der Waals surface area contributed by atoms with Crippen molar-refractivity contribution in [3.8, 4) is 35.0 Å². The second kappa shape index (κ2) is 12.1. The maximum absolute atomic E-state index is 14.3. The van der Waals surface area contributed by atoms with Gasteiger partial charge in [-0.2, -0.15) is 4.98 Å². The van der Waals surface area contributed by atoms with Crippen LogP contribution in [0, 0.1) is 23.7 Å². The number of hydrogen-bond acceptors (Lipinski definition) is 8. The summed E-state index contributed by atoms with van der Waals surface area (Å²) in [7, 11) is 5.14. The van der Waals surface area contributed by atoms with Crippen molar-refractivity contribution in [1.29, 1.82) is 0 Å². The van der Waals surface area contributed by atoms with E-state index in [4.69, 9.17) is 44.1 Å². The van der Waals surface area contributed by atoms with Gasteiger partial charge < -0.3 is 24.6 Å². The van der Waals surface area contributed by atoms with Gasteiger partial charge >= 0.3 is 0 Å². The Balaban J connectivity index is 1.35. The predicted molar refractivity (Wildman–Crippen MR) is 172 cm³/mol. The molecule has 2 aliphatic heterocycles. The summed E-state index contributed by atoms with van der Waals surface area (Å²) in [6.07, 6.45) is 11.6. The van der Waals surface area contributed by atoms with E-state index in [1.807, 2.05) is 0 Å². The van der Waals surface area contributed by atoms with Crippen LogP contribution in [-0.2, 0) is 11.3 Å². The standard InChI is InChI=1S/C32H36Cl2N6O4/c1-5-25(41)39-9-6-19(7-10-39)8-11-40-29-20(16-35-31(37-29)36-21-14-32(15-21)17-38(2)18-32)12-22(30(40)42)26-27(33)23(43-3)13-24(44-4)28(26)34/h1,12-13,16,19,21H,6-11,14-15,17-18H2,2-4H3,(H,35,36,37). The maximum Gasteiger partial charge on any atom is 0.298 e. The molecule has 10 nitrogen and oxygen atoms in total. The van der Waals surface area contributed by atoms with Crippen LogP contribution in [0.5, 0.6) is 11.5 Å². The van der Waals surface area contributed by atoms with E-state index in [0.717, 1.165) is 45.2 Å². The molecule has 6 rings (SSSR count). The lowest BCUT2D eigenvalue weighted by Gasteiger charge is -2.58. The molecular formula is C32H36Cl2N6O4. The molecule has 0 unspecified atom stereocenters. The molecule has 3 aliphatic rings. The van der Waals surface area contributed by atoms with Crippen LogP contribution < -0.4 is 20.3 Å². The smallest absolute Gasteiger partial charge is 0.298 e. The van der Waals surface area contributed by atoms with Gasteiger partial charge in [0, 0.05) is 62.0 Å². The Morgan fingerprint density at radius 2 is 1.80 bits per heavy atom. The van der Waals surface area contributed by atoms with E-state index < -0.39 is 0 Å². The number of fused-ring (bicyclic) bond motifs is 1. The van der Waals surface area contributed by atoms with E-state index >= 15 is 0 Å². The summed E-state index contributed by atoms with van der Waals surface area (Å²) in [6, 6.07) is 3.63. The zero-order chi connectivity index (χ0) is 31.2. The molecule has 1 N–H and O–H groups in total. The fourth-order valence-electron chi connectivity index (χ4n) is 7.19. The van der Waals surface area contributed by atoms with Gasteiger partial charge in [-0.25, -0.2) is 4.98 Å². The third-order valence-electron chi connectivity index (χ3n) is 9.36. The number of hydrogen-bond donors (Lipinski definition) is 1. The average Bonchev–Trinajstić information content (AvgIpc) is 2.99. The first kappa shape index (κ1) is 30.5. The number of pyridine rings is 1. The van der Waals surface area contributed by atoms with Crippen molar-refractivity contribution in [2.45, 2.75) is 44.7 Å². The van der Waals surface area contributed by atoms with Crippen LogP contribution in [-0.4, -0.2) is 83.7 Å². The quantitative estimate of drug-likeness (QED) is 0.359. The van der Waals surface area contributed by atoms with E-state index in [1.165, 1.54) is 14.2 Å². The summed E-state index contributed by atoms with van der Waals surface area (Å²) in [5.74, 6) is 3.43. The molecule has 0 radical (unpaired) electrons. The number of likely N-dealkylation sites (tertiary alicyclic amines) is 2. The number of carbonyl (C=O) groups is 1. The monoisotopic (exact) mass is 638 g/mol. The normalized spacial score (nSPS) is 18.5. The highest BCUT2D eigenvalue weighted by molar-refractivity contribution is 6.41. The topological polar surface area (TPSA) is 102 Å². The average molecular weight is 640 g/mol. The molecule has 2 saturated heterocycles. The molecule has 0 atom stereocenters. The number of aromatic nitrogens is 3. The van der Waals surface area contributed by atoms with Crippen LogP contribution in [0.1, 0.15) is 32.1 Å². The number of ether oxygens (including phenoxy) is 2. The first-order valence-electron chi connectivity index (χ1n) is 14.9. The number of aryl methyl sites for hydroxylation is 1. The summed E-state index contributed by atoms with van der Waals surface area (Å²) in [5, 5.41) is 4.60. The molecule has 0 bridgehead atoms. The molecule has 4 heterocycles. The van der Waals surface area contributed by atoms with Gasteiger partial charge in [0.15, 0.2) is 0 Å². The lowest BCUT2D eigenvalue weighted by molar-refractivity contribution is -0.126. The fraction of sp³-hybridized carbons (Fsp3) is 0.500. The Morgan fingerprint density at radius 3 is 2.39 bits per heavy atom. The third-order valence-corrected chi connectivity index (χ3v) is 10.1. The maximum atomic E-state index is 14.3. The summed E-state index contributed by atoms with van der Waals surface area (Å²) in [6.45, 7) is 3.88. The number of methoxy groups -OCH3 is 2. The third kappa shape index (κ3) is 5.57. The van der Waals surface area contributed by atoms with Crippen molar-refractivity contribution in [3.05, 3.63) is 38.7 Å². The second-order valence-corrected chi connectivity index (χ2v) is 13.1. The molecule has 3 aromatic rings. The number of nitrogens with zero attached hydrogens (tertiary/aromatic N) is 5. The number of benzene rings is 1. The van der Waals surface area contributed by atoms with Crippen molar-refractivity contribution < 1.29 is 14.3 Å². The zero-order valence-corrected chi connectivity index (χ0v) is 26.7. The number of piperidine rings is 1. The van der Waals surface area contributed by atoms with E-state index in [1.54, 1.807) is 27.8 Å². The predicted octanol–water partition coefficient (Wildman–Crippen LogP) is 4.55. The summed E-state index contributed by atoms with van der Waals surface area (Å²) < 4.78 is 12.6. The van der Waals surface area contributed by atoms with Gasteiger partial charge in [-0.3, -0.25) is 14.2 Å². The first-order chi connectivity index (χ1) is 21.1. The van der Waals surface area contributed by atoms with E-state index in [0.29, 0.717) is 76.6 Å². The fourth-order valence-corrected chi connectivity index (χ4v) is 7.90. The van der Waals surface area contributed by atoms with Crippen molar-refractivity contribution in [2.75, 3.05) is 52.8 Å². The van der Waals surface area contributed by atoms with Gasteiger partial charge in [0.1, 0.15) is 17.1 Å². The van der Waals surface area contributed by atoms with Crippen molar-refractivity contribution >= 4 is 46.1 Å². The van der Waals surface area contributed by atoms with Crippen LogP contribution >= 0.6 is 23.2 Å². The first-order valence-corrected chi connectivity index (χ1v) is 15.6. The molecule has 1 amide bonds. The Bertz CT molecular complexity index is 1670. The number of amides is 1. The van der Waals surface area contributed by atoms with Gasteiger partial charge in [0.05, 0.1) is 29.8 Å². The zero-order valence-electron chi connectivity index (χ0n) is 25.2. The molecule has 1 saturated carbocycles. The molecule has 1 aliphatic carbocycles. The second-order valence-electron chi connectivity index (χ2n) is 12.4. The lowest BCUT2D eigenvalue weighted by Crippen LogP contribution is -2.63. The Morgan fingerprint density at radius 1 is 1.14 bits per heavy atom. The highest BCUT2D eigenvalue weighted by Crippen LogP contribution is 2.48.